The van der Waals surface area contributed by atoms with Gasteiger partial charge < -0.3 is 15.1 Å². The molecular formula is C19H23FIN7. The monoisotopic (exact) mass is 495 g/mol. The van der Waals surface area contributed by atoms with E-state index in [0.29, 0.717) is 11.1 Å². The molecule has 0 unspecified atom stereocenters. The molecule has 9 heteroatoms. The van der Waals surface area contributed by atoms with E-state index in [1.165, 1.54) is 12.1 Å². The molecule has 1 fully saturated rings. The number of anilines is 1. The van der Waals surface area contributed by atoms with Gasteiger partial charge in [-0.05, 0) is 31.2 Å². The third-order valence-electron chi connectivity index (χ3n) is 4.32. The number of halogens is 2. The Bertz CT molecular complexity index is 830. The number of benzene rings is 1. The lowest BCUT2D eigenvalue weighted by molar-refractivity contribution is 0.370. The maximum Gasteiger partial charge on any atom is 0.225 e. The zero-order valence-corrected chi connectivity index (χ0v) is 18.0. The number of hydrogen-bond acceptors (Lipinski definition) is 5. The number of nitriles is 1. The number of aromatic nitrogens is 2. The lowest BCUT2D eigenvalue weighted by Gasteiger charge is -2.36. The largest absolute Gasteiger partial charge is 0.357 e. The van der Waals surface area contributed by atoms with Crippen molar-refractivity contribution in [3.63, 3.8) is 0 Å². The minimum atomic E-state index is -0.348. The number of guanidine groups is 1. The van der Waals surface area contributed by atoms with Crippen LogP contribution in [0, 0.1) is 17.1 Å². The van der Waals surface area contributed by atoms with E-state index in [1.54, 1.807) is 24.5 Å². The van der Waals surface area contributed by atoms with Crippen LogP contribution in [0.25, 0.3) is 0 Å². The fourth-order valence-corrected chi connectivity index (χ4v) is 2.92. The average Bonchev–Trinajstić information content (AvgIpc) is 2.73. The van der Waals surface area contributed by atoms with Crippen LogP contribution in [0.5, 0.6) is 0 Å². The van der Waals surface area contributed by atoms with Crippen molar-refractivity contribution in [1.29, 1.82) is 5.26 Å². The first-order valence-corrected chi connectivity index (χ1v) is 8.95. The van der Waals surface area contributed by atoms with Gasteiger partial charge in [-0.2, -0.15) is 5.26 Å². The molecular weight excluding hydrogens is 472 g/mol. The molecule has 28 heavy (non-hydrogen) atoms. The lowest BCUT2D eigenvalue weighted by atomic mass is 10.1. The summed E-state index contributed by atoms with van der Waals surface area (Å²) in [5.74, 6) is 1.13. The van der Waals surface area contributed by atoms with Gasteiger partial charge in [0.25, 0.3) is 0 Å². The van der Waals surface area contributed by atoms with Crippen LogP contribution in [-0.2, 0) is 6.54 Å². The van der Waals surface area contributed by atoms with Crippen molar-refractivity contribution in [2.45, 2.75) is 13.5 Å². The molecule has 1 aliphatic rings. The summed E-state index contributed by atoms with van der Waals surface area (Å²) >= 11 is 0. The van der Waals surface area contributed by atoms with Crippen LogP contribution in [0.1, 0.15) is 18.1 Å². The van der Waals surface area contributed by atoms with Crippen LogP contribution in [0.2, 0.25) is 0 Å². The Morgan fingerprint density at radius 1 is 1.25 bits per heavy atom. The van der Waals surface area contributed by atoms with Gasteiger partial charge in [0.15, 0.2) is 5.96 Å². The van der Waals surface area contributed by atoms with Gasteiger partial charge in [-0.25, -0.2) is 19.4 Å². The van der Waals surface area contributed by atoms with E-state index in [1.807, 2.05) is 13.0 Å². The fourth-order valence-electron chi connectivity index (χ4n) is 2.92. The van der Waals surface area contributed by atoms with Gasteiger partial charge in [0.2, 0.25) is 5.95 Å². The van der Waals surface area contributed by atoms with Crippen molar-refractivity contribution >= 4 is 35.9 Å². The topological polar surface area (TPSA) is 80.4 Å². The number of hydrogen-bond donors (Lipinski definition) is 1. The molecule has 7 nitrogen and oxygen atoms in total. The summed E-state index contributed by atoms with van der Waals surface area (Å²) in [5, 5.41) is 12.3. The molecule has 0 atom stereocenters. The zero-order valence-electron chi connectivity index (χ0n) is 15.7. The summed E-state index contributed by atoms with van der Waals surface area (Å²) < 4.78 is 14.0. The van der Waals surface area contributed by atoms with E-state index < -0.39 is 0 Å². The highest BCUT2D eigenvalue weighted by atomic mass is 127. The normalized spacial score (nSPS) is 14.2. The van der Waals surface area contributed by atoms with Crippen LogP contribution < -0.4 is 10.2 Å². The molecule has 3 rings (SSSR count). The summed E-state index contributed by atoms with van der Waals surface area (Å²) in [5.41, 5.74) is 0.851. The summed E-state index contributed by atoms with van der Waals surface area (Å²) in [7, 11) is 0. The molecule has 1 aliphatic heterocycles. The van der Waals surface area contributed by atoms with Gasteiger partial charge in [0.05, 0.1) is 18.2 Å². The summed E-state index contributed by atoms with van der Waals surface area (Å²) in [6, 6.07) is 8.17. The molecule has 0 radical (unpaired) electrons. The third-order valence-corrected chi connectivity index (χ3v) is 4.32. The second kappa shape index (κ2) is 10.8. The number of aliphatic imine (C=N–C) groups is 1. The van der Waals surface area contributed by atoms with Gasteiger partial charge in [0.1, 0.15) is 5.82 Å². The highest BCUT2D eigenvalue weighted by Gasteiger charge is 2.21. The molecule has 0 spiro atoms. The average molecular weight is 495 g/mol. The molecule has 0 saturated carbocycles. The summed E-state index contributed by atoms with van der Waals surface area (Å²) in [6.45, 7) is 6.02. The Morgan fingerprint density at radius 2 is 1.96 bits per heavy atom. The molecule has 1 N–H and O–H groups in total. The van der Waals surface area contributed by atoms with E-state index >= 15 is 0 Å². The molecule has 0 amide bonds. The van der Waals surface area contributed by atoms with Gasteiger partial charge in [-0.1, -0.05) is 0 Å². The number of rotatable bonds is 4. The summed E-state index contributed by atoms with van der Waals surface area (Å²) in [4.78, 5) is 17.4. The Labute approximate surface area is 181 Å². The number of piperazine rings is 1. The molecule has 1 saturated heterocycles. The van der Waals surface area contributed by atoms with Crippen molar-refractivity contribution in [2.75, 3.05) is 37.6 Å². The van der Waals surface area contributed by atoms with Crippen molar-refractivity contribution in [2.24, 2.45) is 4.99 Å². The predicted molar refractivity (Wildman–Crippen MR) is 117 cm³/mol. The predicted octanol–water partition coefficient (Wildman–Crippen LogP) is 2.39. The van der Waals surface area contributed by atoms with Crippen molar-refractivity contribution in [3.8, 4) is 6.07 Å². The van der Waals surface area contributed by atoms with Crippen LogP contribution >= 0.6 is 24.0 Å². The molecule has 2 heterocycles. The Hall–Kier alpha value is -2.48. The smallest absolute Gasteiger partial charge is 0.225 e. The first-order chi connectivity index (χ1) is 13.2. The fraction of sp³-hybridized carbons (Fsp3) is 0.368. The van der Waals surface area contributed by atoms with Crippen LogP contribution in [0.15, 0.2) is 41.7 Å². The molecule has 0 bridgehead atoms. The Kier molecular flexibility index (Phi) is 8.38. The first-order valence-electron chi connectivity index (χ1n) is 8.95. The van der Waals surface area contributed by atoms with Crippen LogP contribution in [0.4, 0.5) is 10.3 Å². The lowest BCUT2D eigenvalue weighted by Crippen LogP contribution is -2.53. The molecule has 148 valence electrons. The van der Waals surface area contributed by atoms with Gasteiger partial charge in [-0.15, -0.1) is 24.0 Å². The standard InChI is InChI=1S/C19H22FN7.HI/c1-2-22-18(25-14-16-12-15(13-21)4-5-17(16)20)26-8-10-27(11-9-26)19-23-6-3-7-24-19;/h3-7,12H,2,8-11,14H2,1H3,(H,22,25);1H. The highest BCUT2D eigenvalue weighted by molar-refractivity contribution is 14.0. The SMILES string of the molecule is CCNC(=NCc1cc(C#N)ccc1F)N1CCN(c2ncccn2)CC1.I. The van der Waals surface area contributed by atoms with Crippen molar-refractivity contribution in [1.82, 2.24) is 20.2 Å². The maximum absolute atomic E-state index is 14.0. The van der Waals surface area contributed by atoms with E-state index in [0.717, 1.165) is 44.6 Å². The highest BCUT2D eigenvalue weighted by Crippen LogP contribution is 2.13. The van der Waals surface area contributed by atoms with E-state index in [4.69, 9.17) is 5.26 Å². The molecule has 1 aromatic carbocycles. The molecule has 2 aromatic rings. The molecule has 1 aromatic heterocycles. The van der Waals surface area contributed by atoms with Crippen LogP contribution in [0.3, 0.4) is 0 Å². The third kappa shape index (κ3) is 5.51. The maximum atomic E-state index is 14.0. The second-order valence-corrected chi connectivity index (χ2v) is 6.11. The van der Waals surface area contributed by atoms with Gasteiger partial charge >= 0.3 is 0 Å². The van der Waals surface area contributed by atoms with E-state index in [9.17, 15) is 4.39 Å². The minimum Gasteiger partial charge on any atom is -0.357 e. The van der Waals surface area contributed by atoms with Crippen LogP contribution in [-0.4, -0.2) is 53.6 Å². The van der Waals surface area contributed by atoms with Gasteiger partial charge in [0, 0.05) is 50.7 Å². The van der Waals surface area contributed by atoms with E-state index in [-0.39, 0.29) is 36.3 Å². The number of nitrogens with one attached hydrogen (secondary N) is 1. The first kappa shape index (κ1) is 21.8. The molecule has 0 aliphatic carbocycles. The Balaban J connectivity index is 0.00000280. The summed E-state index contributed by atoms with van der Waals surface area (Å²) in [6.07, 6.45) is 3.48. The number of nitrogens with zero attached hydrogens (tertiary/aromatic N) is 6. The van der Waals surface area contributed by atoms with Crippen molar-refractivity contribution < 1.29 is 4.39 Å². The Morgan fingerprint density at radius 3 is 2.61 bits per heavy atom. The second-order valence-electron chi connectivity index (χ2n) is 6.11. The van der Waals surface area contributed by atoms with Gasteiger partial charge in [-0.3, -0.25) is 0 Å². The van der Waals surface area contributed by atoms with Crippen molar-refractivity contribution in [3.05, 3.63) is 53.6 Å². The quantitative estimate of drug-likeness (QED) is 0.399. The minimum absolute atomic E-state index is 0. The zero-order chi connectivity index (χ0) is 19.1. The van der Waals surface area contributed by atoms with E-state index in [2.05, 4.69) is 30.1 Å².